The third kappa shape index (κ3) is 2.55. The van der Waals surface area contributed by atoms with Gasteiger partial charge in [-0.2, -0.15) is 0 Å². The zero-order chi connectivity index (χ0) is 13.2. The first kappa shape index (κ1) is 13.0. The molecule has 0 bridgehead atoms. The van der Waals surface area contributed by atoms with Crippen LogP contribution in [0.4, 0.5) is 11.4 Å². The second kappa shape index (κ2) is 4.85. The Morgan fingerprint density at radius 1 is 1.35 bits per heavy atom. The number of nitro benzene ring substituents is 2. The van der Waals surface area contributed by atoms with Gasteiger partial charge >= 0.3 is 0 Å². The Bertz CT molecular complexity index is 474. The highest BCUT2D eigenvalue weighted by Gasteiger charge is 2.23. The lowest BCUT2D eigenvalue weighted by Gasteiger charge is -2.11. The lowest BCUT2D eigenvalue weighted by molar-refractivity contribution is -0.394. The molecular formula is C9H11N3O5. The molecule has 0 aliphatic carbocycles. The van der Waals surface area contributed by atoms with Crippen LogP contribution < -0.4 is 5.73 Å². The van der Waals surface area contributed by atoms with E-state index in [4.69, 9.17) is 5.73 Å². The Morgan fingerprint density at radius 3 is 2.35 bits per heavy atom. The Hall–Kier alpha value is -2.06. The highest BCUT2D eigenvalue weighted by molar-refractivity contribution is 5.54. The Kier molecular flexibility index (Phi) is 3.71. The molecule has 1 aromatic rings. The molecule has 0 aliphatic heterocycles. The van der Waals surface area contributed by atoms with Gasteiger partial charge in [0.15, 0.2) is 0 Å². The van der Waals surface area contributed by atoms with E-state index in [2.05, 4.69) is 0 Å². The Labute approximate surface area is 96.0 Å². The minimum Gasteiger partial charge on any atom is -0.387 e. The van der Waals surface area contributed by atoms with Gasteiger partial charge in [0.2, 0.25) is 0 Å². The molecule has 1 rings (SSSR count). The van der Waals surface area contributed by atoms with Crippen LogP contribution in [-0.2, 0) is 0 Å². The van der Waals surface area contributed by atoms with Crippen LogP contribution in [0.2, 0.25) is 0 Å². The maximum atomic E-state index is 10.7. The topological polar surface area (TPSA) is 133 Å². The molecular weight excluding hydrogens is 230 g/mol. The quantitative estimate of drug-likeness (QED) is 0.591. The number of nitrogens with zero attached hydrogens (tertiary/aromatic N) is 2. The fourth-order valence-corrected chi connectivity index (χ4v) is 1.47. The molecule has 0 amide bonds. The third-order valence-corrected chi connectivity index (χ3v) is 2.39. The number of benzene rings is 1. The van der Waals surface area contributed by atoms with Gasteiger partial charge in [0.1, 0.15) is 0 Å². The summed E-state index contributed by atoms with van der Waals surface area (Å²) in [6.07, 6.45) is -1.16. The third-order valence-electron chi connectivity index (χ3n) is 2.39. The van der Waals surface area contributed by atoms with Crippen LogP contribution >= 0.6 is 0 Å². The van der Waals surface area contributed by atoms with E-state index < -0.39 is 27.3 Å². The largest absolute Gasteiger partial charge is 0.387 e. The fraction of sp³-hybridized carbons (Fsp3) is 0.333. The zero-order valence-electron chi connectivity index (χ0n) is 8.99. The maximum Gasteiger partial charge on any atom is 0.279 e. The molecule has 0 aliphatic rings. The first-order valence-electron chi connectivity index (χ1n) is 4.70. The van der Waals surface area contributed by atoms with Gasteiger partial charge in [-0.1, -0.05) is 0 Å². The van der Waals surface area contributed by atoms with Crippen molar-refractivity contribution in [2.75, 3.05) is 6.54 Å². The summed E-state index contributed by atoms with van der Waals surface area (Å²) < 4.78 is 0. The fourth-order valence-electron chi connectivity index (χ4n) is 1.47. The number of aliphatic hydroxyl groups excluding tert-OH is 1. The first-order valence-corrected chi connectivity index (χ1v) is 4.70. The molecule has 1 atom stereocenters. The van der Waals surface area contributed by atoms with Gasteiger partial charge in [-0.05, 0) is 12.5 Å². The van der Waals surface area contributed by atoms with E-state index in [0.717, 1.165) is 12.1 Å². The van der Waals surface area contributed by atoms with E-state index >= 15 is 0 Å². The number of hydrogen-bond donors (Lipinski definition) is 2. The van der Waals surface area contributed by atoms with E-state index in [-0.39, 0.29) is 17.7 Å². The summed E-state index contributed by atoms with van der Waals surface area (Å²) in [5.41, 5.74) is 4.68. The van der Waals surface area contributed by atoms with E-state index in [1.807, 2.05) is 0 Å². The number of aliphatic hydroxyl groups is 1. The number of nitrogens with two attached hydrogens (primary N) is 1. The van der Waals surface area contributed by atoms with Gasteiger partial charge in [0.25, 0.3) is 11.4 Å². The van der Waals surface area contributed by atoms with E-state index in [0.29, 0.717) is 0 Å². The SMILES string of the molecule is Cc1c([C@@H](O)CN)cc([N+](=O)[O-])cc1[N+](=O)[O-]. The molecule has 0 spiro atoms. The number of nitro groups is 2. The monoisotopic (exact) mass is 241 g/mol. The maximum absolute atomic E-state index is 10.7. The second-order valence-corrected chi connectivity index (χ2v) is 3.44. The van der Waals surface area contributed by atoms with Crippen molar-refractivity contribution in [3.8, 4) is 0 Å². The molecule has 0 saturated heterocycles. The van der Waals surface area contributed by atoms with Crippen LogP contribution in [0.1, 0.15) is 17.2 Å². The van der Waals surface area contributed by atoms with E-state index in [9.17, 15) is 25.3 Å². The first-order chi connectivity index (χ1) is 7.88. The van der Waals surface area contributed by atoms with Gasteiger partial charge in [-0.15, -0.1) is 0 Å². The molecule has 8 heteroatoms. The summed E-state index contributed by atoms with van der Waals surface area (Å²) in [6, 6.07) is 1.96. The van der Waals surface area contributed by atoms with Crippen LogP contribution in [0.15, 0.2) is 12.1 Å². The van der Waals surface area contributed by atoms with Crippen molar-refractivity contribution in [1.29, 1.82) is 0 Å². The molecule has 8 nitrogen and oxygen atoms in total. The molecule has 0 saturated carbocycles. The summed E-state index contributed by atoms with van der Waals surface area (Å²) in [5, 5.41) is 30.9. The predicted molar refractivity (Wildman–Crippen MR) is 58.5 cm³/mol. The van der Waals surface area contributed by atoms with Crippen LogP contribution in [0, 0.1) is 27.2 Å². The number of rotatable bonds is 4. The van der Waals surface area contributed by atoms with Gasteiger partial charge in [-0.3, -0.25) is 20.2 Å². The van der Waals surface area contributed by atoms with Crippen molar-refractivity contribution in [3.05, 3.63) is 43.5 Å². The van der Waals surface area contributed by atoms with Gasteiger partial charge in [0.05, 0.1) is 22.0 Å². The lowest BCUT2D eigenvalue weighted by Crippen LogP contribution is -2.13. The average Bonchev–Trinajstić information content (AvgIpc) is 2.27. The predicted octanol–water partition coefficient (Wildman–Crippen LogP) is 0.804. The molecule has 0 heterocycles. The smallest absolute Gasteiger partial charge is 0.279 e. The minimum atomic E-state index is -1.16. The standard InChI is InChI=1S/C9H11N3O5/c1-5-7(9(13)4-10)2-6(11(14)15)3-8(5)12(16)17/h2-3,9,13H,4,10H2,1H3/t9-/m0/s1. The number of hydrogen-bond acceptors (Lipinski definition) is 6. The van der Waals surface area contributed by atoms with E-state index in [1.54, 1.807) is 0 Å². The van der Waals surface area contributed by atoms with Crippen molar-refractivity contribution in [2.45, 2.75) is 13.0 Å². The molecule has 17 heavy (non-hydrogen) atoms. The summed E-state index contributed by atoms with van der Waals surface area (Å²) >= 11 is 0. The molecule has 0 unspecified atom stereocenters. The lowest BCUT2D eigenvalue weighted by atomic mass is 10.0. The van der Waals surface area contributed by atoms with Gasteiger partial charge in [0, 0.05) is 18.2 Å². The summed E-state index contributed by atoms with van der Waals surface area (Å²) in [6.45, 7) is 1.25. The summed E-state index contributed by atoms with van der Waals surface area (Å²) in [5.74, 6) is 0. The van der Waals surface area contributed by atoms with Crippen molar-refractivity contribution < 1.29 is 15.0 Å². The van der Waals surface area contributed by atoms with E-state index in [1.165, 1.54) is 6.92 Å². The Balaban J connectivity index is 3.48. The molecule has 0 aromatic heterocycles. The van der Waals surface area contributed by atoms with Crippen LogP contribution in [0.5, 0.6) is 0 Å². The summed E-state index contributed by atoms with van der Waals surface area (Å²) in [4.78, 5) is 19.9. The van der Waals surface area contributed by atoms with Crippen molar-refractivity contribution in [1.82, 2.24) is 0 Å². The van der Waals surface area contributed by atoms with Crippen molar-refractivity contribution >= 4 is 11.4 Å². The van der Waals surface area contributed by atoms with Crippen molar-refractivity contribution in [3.63, 3.8) is 0 Å². The van der Waals surface area contributed by atoms with Crippen molar-refractivity contribution in [2.24, 2.45) is 5.73 Å². The van der Waals surface area contributed by atoms with Crippen LogP contribution in [0.3, 0.4) is 0 Å². The molecule has 92 valence electrons. The second-order valence-electron chi connectivity index (χ2n) is 3.44. The Morgan fingerprint density at radius 2 is 1.94 bits per heavy atom. The minimum absolute atomic E-state index is 0.105. The highest BCUT2D eigenvalue weighted by Crippen LogP contribution is 2.31. The van der Waals surface area contributed by atoms with Crippen LogP contribution in [0.25, 0.3) is 0 Å². The van der Waals surface area contributed by atoms with Gasteiger partial charge < -0.3 is 10.8 Å². The van der Waals surface area contributed by atoms with Gasteiger partial charge in [-0.25, -0.2) is 0 Å². The normalized spacial score (nSPS) is 12.2. The molecule has 3 N–H and O–H groups in total. The molecule has 1 aromatic carbocycles. The molecule has 0 fully saturated rings. The zero-order valence-corrected chi connectivity index (χ0v) is 8.99. The number of non-ortho nitro benzene ring substituents is 1. The average molecular weight is 241 g/mol. The molecule has 0 radical (unpaired) electrons. The summed E-state index contributed by atoms with van der Waals surface area (Å²) in [7, 11) is 0. The van der Waals surface area contributed by atoms with Crippen LogP contribution in [-0.4, -0.2) is 21.5 Å². The highest BCUT2D eigenvalue weighted by atomic mass is 16.6.